The van der Waals surface area contributed by atoms with Gasteiger partial charge in [0.2, 0.25) is 0 Å². The summed E-state index contributed by atoms with van der Waals surface area (Å²) in [4.78, 5) is 12.9. The van der Waals surface area contributed by atoms with Crippen molar-refractivity contribution in [2.45, 2.75) is 39.1 Å². The number of hydrogen-bond acceptors (Lipinski definition) is 2. The van der Waals surface area contributed by atoms with Gasteiger partial charge in [-0.25, -0.2) is 0 Å². The Balaban J connectivity index is 2.44. The van der Waals surface area contributed by atoms with Crippen LogP contribution in [0.25, 0.3) is 5.57 Å². The van der Waals surface area contributed by atoms with Gasteiger partial charge in [0.1, 0.15) is 5.60 Å². The molecule has 0 atom stereocenters. The van der Waals surface area contributed by atoms with E-state index in [1.807, 2.05) is 74.5 Å². The Hall–Kier alpha value is -1.97. The first-order valence-corrected chi connectivity index (χ1v) is 11.7. The summed E-state index contributed by atoms with van der Waals surface area (Å²) >= 11 is 0. The van der Waals surface area contributed by atoms with Gasteiger partial charge >= 0.3 is 0 Å². The first kappa shape index (κ1) is 18.4. The van der Waals surface area contributed by atoms with Crippen LogP contribution in [0.4, 0.5) is 0 Å². The van der Waals surface area contributed by atoms with Crippen molar-refractivity contribution in [3.63, 3.8) is 0 Å². The summed E-state index contributed by atoms with van der Waals surface area (Å²) in [5.41, 5.74) is 2.16. The van der Waals surface area contributed by atoms with Crippen LogP contribution in [0.5, 0.6) is 0 Å². The molecule has 0 N–H and O–H groups in total. The number of rotatable bonds is 6. The van der Waals surface area contributed by atoms with Crippen LogP contribution in [0.15, 0.2) is 66.7 Å². The molecular weight excluding hydrogens is 312 g/mol. The predicted molar refractivity (Wildman–Crippen MR) is 103 cm³/mol. The van der Waals surface area contributed by atoms with Crippen molar-refractivity contribution < 1.29 is 9.22 Å². The third-order valence-electron chi connectivity index (χ3n) is 3.60. The Morgan fingerprint density at radius 2 is 1.29 bits per heavy atom. The summed E-state index contributed by atoms with van der Waals surface area (Å²) in [6, 6.07) is 20.0. The SMILES string of the molecule is CC(C)(O[Si](C)(C)C)C(=O)C=C(c1ccccc1)c1ccccc1. The highest BCUT2D eigenvalue weighted by Gasteiger charge is 2.33. The zero-order valence-electron chi connectivity index (χ0n) is 15.2. The Kier molecular flexibility index (Phi) is 5.57. The van der Waals surface area contributed by atoms with Crippen LogP contribution in [-0.2, 0) is 9.22 Å². The highest BCUT2D eigenvalue weighted by molar-refractivity contribution is 6.70. The maximum Gasteiger partial charge on any atom is 0.186 e. The topological polar surface area (TPSA) is 26.3 Å². The molecule has 24 heavy (non-hydrogen) atoms. The van der Waals surface area contributed by atoms with E-state index in [0.717, 1.165) is 16.7 Å². The summed E-state index contributed by atoms with van der Waals surface area (Å²) in [6.45, 7) is 10.0. The number of carbonyl (C=O) groups is 1. The van der Waals surface area contributed by atoms with Crippen molar-refractivity contribution in [3.05, 3.63) is 77.9 Å². The van der Waals surface area contributed by atoms with Gasteiger partial charge in [-0.1, -0.05) is 60.7 Å². The van der Waals surface area contributed by atoms with E-state index in [4.69, 9.17) is 4.43 Å². The summed E-state index contributed by atoms with van der Waals surface area (Å²) in [5, 5.41) is 0. The Labute approximate surface area is 146 Å². The predicted octanol–water partition coefficient (Wildman–Crippen LogP) is 5.32. The molecule has 0 saturated heterocycles. The highest BCUT2D eigenvalue weighted by Crippen LogP contribution is 2.26. The molecule has 126 valence electrons. The molecular formula is C21H26O2Si. The molecule has 2 aromatic rings. The fourth-order valence-corrected chi connectivity index (χ4v) is 4.32. The normalized spacial score (nSPS) is 11.9. The molecule has 0 aromatic heterocycles. The lowest BCUT2D eigenvalue weighted by atomic mass is 9.93. The van der Waals surface area contributed by atoms with E-state index in [1.165, 1.54) is 0 Å². The second kappa shape index (κ2) is 7.28. The minimum Gasteiger partial charge on any atom is -0.405 e. The van der Waals surface area contributed by atoms with Crippen LogP contribution in [-0.4, -0.2) is 19.7 Å². The number of hydrogen-bond donors (Lipinski definition) is 0. The third-order valence-corrected chi connectivity index (χ3v) is 4.72. The van der Waals surface area contributed by atoms with Gasteiger partial charge in [0.15, 0.2) is 14.1 Å². The van der Waals surface area contributed by atoms with Crippen LogP contribution >= 0.6 is 0 Å². The zero-order valence-corrected chi connectivity index (χ0v) is 16.2. The largest absolute Gasteiger partial charge is 0.405 e. The van der Waals surface area contributed by atoms with Gasteiger partial charge in [-0.15, -0.1) is 0 Å². The molecule has 0 amide bonds. The molecule has 0 aliphatic heterocycles. The molecule has 0 heterocycles. The van der Waals surface area contributed by atoms with Crippen LogP contribution < -0.4 is 0 Å². The quantitative estimate of drug-likeness (QED) is 0.526. The monoisotopic (exact) mass is 338 g/mol. The standard InChI is InChI=1S/C21H26O2Si/c1-21(2,23-24(3,4)5)20(22)16-19(17-12-8-6-9-13-17)18-14-10-7-11-15-18/h6-16H,1-5H3. The lowest BCUT2D eigenvalue weighted by Crippen LogP contribution is -2.43. The fourth-order valence-electron chi connectivity index (χ4n) is 2.69. The molecule has 2 rings (SSSR count). The molecule has 3 heteroatoms. The van der Waals surface area contributed by atoms with E-state index in [-0.39, 0.29) is 5.78 Å². The molecule has 0 saturated carbocycles. The summed E-state index contributed by atoms with van der Waals surface area (Å²) < 4.78 is 6.10. The average Bonchev–Trinajstić information content (AvgIpc) is 2.51. The average molecular weight is 339 g/mol. The first-order valence-electron chi connectivity index (χ1n) is 8.26. The van der Waals surface area contributed by atoms with Gasteiger partial charge in [-0.3, -0.25) is 4.79 Å². The smallest absolute Gasteiger partial charge is 0.186 e. The highest BCUT2D eigenvalue weighted by atomic mass is 28.4. The van der Waals surface area contributed by atoms with E-state index >= 15 is 0 Å². The van der Waals surface area contributed by atoms with Gasteiger partial charge in [-0.05, 0) is 56.3 Å². The van der Waals surface area contributed by atoms with Gasteiger partial charge < -0.3 is 4.43 Å². The molecule has 0 unspecified atom stereocenters. The van der Waals surface area contributed by atoms with E-state index in [9.17, 15) is 4.79 Å². The third kappa shape index (κ3) is 5.01. The van der Waals surface area contributed by atoms with Crippen molar-refractivity contribution >= 4 is 19.7 Å². The second-order valence-corrected chi connectivity index (χ2v) is 11.8. The number of ketones is 1. The van der Waals surface area contributed by atoms with Crippen LogP contribution in [0, 0.1) is 0 Å². The Morgan fingerprint density at radius 3 is 1.67 bits per heavy atom. The lowest BCUT2D eigenvalue weighted by molar-refractivity contribution is -0.127. The molecule has 0 spiro atoms. The van der Waals surface area contributed by atoms with Crippen molar-refractivity contribution in [3.8, 4) is 0 Å². The van der Waals surface area contributed by atoms with Crippen LogP contribution in [0.3, 0.4) is 0 Å². The Morgan fingerprint density at radius 1 is 0.875 bits per heavy atom. The van der Waals surface area contributed by atoms with Crippen LogP contribution in [0.1, 0.15) is 25.0 Å². The van der Waals surface area contributed by atoms with Crippen molar-refractivity contribution in [2.24, 2.45) is 0 Å². The van der Waals surface area contributed by atoms with Gasteiger partial charge in [0.05, 0.1) is 0 Å². The summed E-state index contributed by atoms with van der Waals surface area (Å²) in [5.74, 6) is -0.00682. The maximum atomic E-state index is 12.9. The molecule has 2 aromatic carbocycles. The summed E-state index contributed by atoms with van der Waals surface area (Å²) in [7, 11) is -1.82. The molecule has 0 fully saturated rings. The van der Waals surface area contributed by atoms with Crippen molar-refractivity contribution in [2.75, 3.05) is 0 Å². The molecule has 0 radical (unpaired) electrons. The first-order chi connectivity index (χ1) is 11.2. The van der Waals surface area contributed by atoms with Crippen LogP contribution in [0.2, 0.25) is 19.6 Å². The molecule has 2 nitrogen and oxygen atoms in total. The molecule has 0 aliphatic carbocycles. The minimum absolute atomic E-state index is 0.00682. The minimum atomic E-state index is -1.82. The molecule has 0 bridgehead atoms. The van der Waals surface area contributed by atoms with Crippen molar-refractivity contribution in [1.82, 2.24) is 0 Å². The van der Waals surface area contributed by atoms with Gasteiger partial charge in [0, 0.05) is 0 Å². The van der Waals surface area contributed by atoms with Gasteiger partial charge in [-0.2, -0.15) is 0 Å². The van der Waals surface area contributed by atoms with E-state index in [0.29, 0.717) is 0 Å². The van der Waals surface area contributed by atoms with E-state index < -0.39 is 13.9 Å². The molecule has 0 aliphatic rings. The summed E-state index contributed by atoms with van der Waals surface area (Å²) in [6.07, 6.45) is 1.73. The Bertz CT molecular complexity index is 669. The maximum absolute atomic E-state index is 12.9. The zero-order chi connectivity index (χ0) is 17.8. The van der Waals surface area contributed by atoms with Gasteiger partial charge in [0.25, 0.3) is 0 Å². The number of benzene rings is 2. The van der Waals surface area contributed by atoms with Crippen molar-refractivity contribution in [1.29, 1.82) is 0 Å². The van der Waals surface area contributed by atoms with E-state index in [2.05, 4.69) is 19.6 Å². The lowest BCUT2D eigenvalue weighted by Gasteiger charge is -2.31. The fraction of sp³-hybridized carbons (Fsp3) is 0.286. The number of carbonyl (C=O) groups excluding carboxylic acids is 1. The van der Waals surface area contributed by atoms with E-state index in [1.54, 1.807) is 6.08 Å². The second-order valence-electron chi connectivity index (χ2n) is 7.38.